The van der Waals surface area contributed by atoms with E-state index in [0.717, 1.165) is 44.2 Å². The molecule has 1 aliphatic heterocycles. The molecule has 1 atom stereocenters. The quantitative estimate of drug-likeness (QED) is 0.841. The number of aromatic nitrogens is 1. The molecule has 2 rings (SSSR count). The number of nitrogens with one attached hydrogen (secondary N) is 1. The van der Waals surface area contributed by atoms with Crippen molar-refractivity contribution < 1.29 is 9.32 Å². The molecule has 1 saturated heterocycles. The molecular weight excluding hydrogens is 306 g/mol. The lowest BCUT2D eigenvalue weighted by atomic mass is 9.90. The van der Waals surface area contributed by atoms with E-state index in [9.17, 15) is 10.1 Å². The Labute approximate surface area is 143 Å². The van der Waals surface area contributed by atoms with E-state index in [4.69, 9.17) is 4.52 Å². The fraction of sp³-hybridized carbons (Fsp3) is 0.706. The maximum absolute atomic E-state index is 12.2. The highest BCUT2D eigenvalue weighted by atomic mass is 16.5. The van der Waals surface area contributed by atoms with Gasteiger partial charge in [0.1, 0.15) is 11.3 Å². The number of hydrogen-bond acceptors (Lipinski definition) is 6. The van der Waals surface area contributed by atoms with Gasteiger partial charge in [-0.2, -0.15) is 5.26 Å². The average molecular weight is 333 g/mol. The van der Waals surface area contributed by atoms with E-state index in [0.29, 0.717) is 6.54 Å². The highest BCUT2D eigenvalue weighted by molar-refractivity contribution is 5.79. The van der Waals surface area contributed by atoms with Crippen LogP contribution in [-0.4, -0.2) is 59.1 Å². The predicted octanol–water partition coefficient (Wildman–Crippen LogP) is 1.16. The summed E-state index contributed by atoms with van der Waals surface area (Å²) in [7, 11) is 0. The van der Waals surface area contributed by atoms with Gasteiger partial charge in [-0.05, 0) is 19.8 Å². The molecule has 1 aromatic heterocycles. The zero-order valence-electron chi connectivity index (χ0n) is 15.0. The highest BCUT2D eigenvalue weighted by Crippen LogP contribution is 2.15. The van der Waals surface area contributed by atoms with Gasteiger partial charge in [-0.15, -0.1) is 0 Å². The van der Waals surface area contributed by atoms with Crippen LogP contribution in [0.5, 0.6) is 0 Å². The van der Waals surface area contributed by atoms with Crippen LogP contribution in [0.25, 0.3) is 0 Å². The number of nitrogens with zero attached hydrogens (tertiary/aromatic N) is 4. The van der Waals surface area contributed by atoms with Crippen LogP contribution in [0.2, 0.25) is 0 Å². The normalized spacial score (nSPS) is 19.0. The smallest absolute Gasteiger partial charge is 0.235 e. The molecule has 7 heteroatoms. The Morgan fingerprint density at radius 2 is 2.04 bits per heavy atom. The maximum Gasteiger partial charge on any atom is 0.235 e. The molecule has 2 heterocycles. The van der Waals surface area contributed by atoms with E-state index in [-0.39, 0.29) is 11.8 Å². The van der Waals surface area contributed by atoms with Gasteiger partial charge in [-0.25, -0.2) is 0 Å². The zero-order chi connectivity index (χ0) is 17.7. The number of carbonyl (C=O) groups is 1. The van der Waals surface area contributed by atoms with Gasteiger partial charge in [-0.3, -0.25) is 14.6 Å². The molecule has 1 N–H and O–H groups in total. The van der Waals surface area contributed by atoms with Crippen LogP contribution in [-0.2, 0) is 11.3 Å². The average Bonchev–Trinajstić information content (AvgIpc) is 2.94. The topological polar surface area (TPSA) is 85.4 Å². The summed E-state index contributed by atoms with van der Waals surface area (Å²) < 4.78 is 5.09. The Morgan fingerprint density at radius 3 is 2.54 bits per heavy atom. The lowest BCUT2D eigenvalue weighted by molar-refractivity contribution is -0.124. The van der Waals surface area contributed by atoms with Crippen molar-refractivity contribution in [1.29, 1.82) is 5.26 Å². The molecule has 0 aromatic carbocycles. The SMILES string of the molecule is Cc1cc(CN2CCN(CC(=O)N[C@@](C)(C#N)C(C)C)CC2)no1. The van der Waals surface area contributed by atoms with E-state index in [1.165, 1.54) is 0 Å². The van der Waals surface area contributed by atoms with Crippen LogP contribution >= 0.6 is 0 Å². The molecule has 1 fully saturated rings. The lowest BCUT2D eigenvalue weighted by Crippen LogP contribution is -2.54. The minimum atomic E-state index is -0.816. The van der Waals surface area contributed by atoms with E-state index in [1.807, 2.05) is 26.8 Å². The lowest BCUT2D eigenvalue weighted by Gasteiger charge is -2.35. The summed E-state index contributed by atoms with van der Waals surface area (Å²) >= 11 is 0. The number of nitriles is 1. The Morgan fingerprint density at radius 1 is 1.42 bits per heavy atom. The number of piperazine rings is 1. The minimum Gasteiger partial charge on any atom is -0.361 e. The van der Waals surface area contributed by atoms with Crippen molar-refractivity contribution in [2.24, 2.45) is 5.92 Å². The molecule has 7 nitrogen and oxygen atoms in total. The van der Waals surface area contributed by atoms with Crippen LogP contribution < -0.4 is 5.32 Å². The van der Waals surface area contributed by atoms with Gasteiger partial charge < -0.3 is 9.84 Å². The Balaban J connectivity index is 1.76. The van der Waals surface area contributed by atoms with Crippen molar-refractivity contribution in [3.05, 3.63) is 17.5 Å². The summed E-state index contributed by atoms with van der Waals surface area (Å²) in [6.07, 6.45) is 0. The van der Waals surface area contributed by atoms with E-state index < -0.39 is 5.54 Å². The molecule has 1 amide bonds. The first-order chi connectivity index (χ1) is 11.3. The summed E-state index contributed by atoms with van der Waals surface area (Å²) in [6, 6.07) is 4.16. The first kappa shape index (κ1) is 18.4. The molecule has 0 aliphatic carbocycles. The summed E-state index contributed by atoms with van der Waals surface area (Å²) in [4.78, 5) is 16.7. The number of rotatable bonds is 6. The monoisotopic (exact) mass is 333 g/mol. The van der Waals surface area contributed by atoms with Gasteiger partial charge in [0.05, 0.1) is 18.3 Å². The van der Waals surface area contributed by atoms with Gasteiger partial charge in [0, 0.05) is 38.8 Å². The number of aryl methyl sites for hydroxylation is 1. The van der Waals surface area contributed by atoms with Gasteiger partial charge >= 0.3 is 0 Å². The third-order valence-corrected chi connectivity index (χ3v) is 4.68. The Kier molecular flexibility index (Phi) is 5.97. The highest BCUT2D eigenvalue weighted by Gasteiger charge is 2.30. The minimum absolute atomic E-state index is 0.0641. The molecule has 0 unspecified atom stereocenters. The molecule has 1 aromatic rings. The van der Waals surface area contributed by atoms with E-state index in [1.54, 1.807) is 6.92 Å². The van der Waals surface area contributed by atoms with Gasteiger partial charge in [0.2, 0.25) is 5.91 Å². The van der Waals surface area contributed by atoms with Crippen molar-refractivity contribution in [3.63, 3.8) is 0 Å². The molecular formula is C17H27N5O2. The first-order valence-electron chi connectivity index (χ1n) is 8.41. The summed E-state index contributed by atoms with van der Waals surface area (Å²) in [5.41, 5.74) is 0.129. The third kappa shape index (κ3) is 4.79. The van der Waals surface area contributed by atoms with E-state index >= 15 is 0 Å². The second-order valence-electron chi connectivity index (χ2n) is 7.00. The maximum atomic E-state index is 12.2. The Hall–Kier alpha value is -1.91. The van der Waals surface area contributed by atoms with Crippen molar-refractivity contribution in [2.45, 2.75) is 39.8 Å². The number of amides is 1. The van der Waals surface area contributed by atoms with Crippen LogP contribution in [0, 0.1) is 24.2 Å². The van der Waals surface area contributed by atoms with Gasteiger partial charge in [0.25, 0.3) is 0 Å². The number of hydrogen-bond donors (Lipinski definition) is 1. The predicted molar refractivity (Wildman–Crippen MR) is 90.0 cm³/mol. The van der Waals surface area contributed by atoms with Crippen LogP contribution in [0.15, 0.2) is 10.6 Å². The fourth-order valence-electron chi connectivity index (χ4n) is 2.66. The van der Waals surface area contributed by atoms with Crippen LogP contribution in [0.1, 0.15) is 32.2 Å². The molecule has 132 valence electrons. The second kappa shape index (κ2) is 7.77. The molecule has 0 bridgehead atoms. The largest absolute Gasteiger partial charge is 0.361 e. The van der Waals surface area contributed by atoms with Crippen LogP contribution in [0.3, 0.4) is 0 Å². The molecule has 0 saturated carbocycles. The van der Waals surface area contributed by atoms with Crippen molar-refractivity contribution in [3.8, 4) is 6.07 Å². The summed E-state index contributed by atoms with van der Waals surface area (Å²) in [6.45, 7) is 12.1. The van der Waals surface area contributed by atoms with E-state index in [2.05, 4.69) is 26.3 Å². The zero-order valence-corrected chi connectivity index (χ0v) is 15.0. The van der Waals surface area contributed by atoms with Crippen molar-refractivity contribution in [1.82, 2.24) is 20.3 Å². The molecule has 24 heavy (non-hydrogen) atoms. The standard InChI is InChI=1S/C17H27N5O2/c1-13(2)17(4,12-18)19-16(23)11-22-7-5-21(6-8-22)10-15-9-14(3)24-20-15/h9,13H,5-8,10-11H2,1-4H3,(H,19,23)/t17-/m0/s1. The molecule has 0 spiro atoms. The Bertz CT molecular complexity index is 598. The number of carbonyl (C=O) groups excluding carboxylic acids is 1. The molecule has 0 radical (unpaired) electrons. The summed E-state index contributed by atoms with van der Waals surface area (Å²) in [5, 5.41) is 16.2. The van der Waals surface area contributed by atoms with Crippen molar-refractivity contribution >= 4 is 5.91 Å². The fourth-order valence-corrected chi connectivity index (χ4v) is 2.66. The van der Waals surface area contributed by atoms with Gasteiger partial charge in [-0.1, -0.05) is 19.0 Å². The van der Waals surface area contributed by atoms with Crippen molar-refractivity contribution in [2.75, 3.05) is 32.7 Å². The van der Waals surface area contributed by atoms with Crippen LogP contribution in [0.4, 0.5) is 0 Å². The molecule has 1 aliphatic rings. The second-order valence-corrected chi connectivity index (χ2v) is 7.00. The van der Waals surface area contributed by atoms with Gasteiger partial charge in [0.15, 0.2) is 0 Å². The third-order valence-electron chi connectivity index (χ3n) is 4.68. The summed E-state index contributed by atoms with van der Waals surface area (Å²) in [5.74, 6) is 0.800. The first-order valence-corrected chi connectivity index (χ1v) is 8.41.